The van der Waals surface area contributed by atoms with Gasteiger partial charge in [0.15, 0.2) is 18.1 Å². The first-order valence-electron chi connectivity index (χ1n) is 8.84. The third kappa shape index (κ3) is 6.33. The first-order valence-corrected chi connectivity index (χ1v) is 8.84. The monoisotopic (exact) mass is 371 g/mol. The van der Waals surface area contributed by atoms with E-state index in [1.807, 2.05) is 44.2 Å². The molecule has 6 heteroatoms. The molecule has 1 atom stereocenters. The van der Waals surface area contributed by atoms with Gasteiger partial charge in [0.2, 0.25) is 0 Å². The maximum atomic E-state index is 12.2. The molecule has 0 fully saturated rings. The van der Waals surface area contributed by atoms with Crippen LogP contribution in [0.25, 0.3) is 0 Å². The van der Waals surface area contributed by atoms with Gasteiger partial charge in [0, 0.05) is 6.04 Å². The topological polar surface area (TPSA) is 73.9 Å². The van der Waals surface area contributed by atoms with E-state index < -0.39 is 5.97 Å². The Hall–Kier alpha value is -3.02. The van der Waals surface area contributed by atoms with Gasteiger partial charge < -0.3 is 19.5 Å². The molecule has 1 N–H and O–H groups in total. The predicted molar refractivity (Wildman–Crippen MR) is 102 cm³/mol. The number of carbonyl (C=O) groups excluding carboxylic acids is 2. The highest BCUT2D eigenvalue weighted by atomic mass is 16.5. The van der Waals surface area contributed by atoms with Gasteiger partial charge in [-0.3, -0.25) is 4.79 Å². The summed E-state index contributed by atoms with van der Waals surface area (Å²) < 4.78 is 16.1. The van der Waals surface area contributed by atoms with Gasteiger partial charge in [-0.2, -0.15) is 0 Å². The van der Waals surface area contributed by atoms with Crippen molar-refractivity contribution in [3.05, 3.63) is 59.7 Å². The van der Waals surface area contributed by atoms with Gasteiger partial charge in [0.05, 0.1) is 12.7 Å². The fourth-order valence-electron chi connectivity index (χ4n) is 2.28. The van der Waals surface area contributed by atoms with E-state index in [1.165, 1.54) is 13.2 Å². The zero-order valence-corrected chi connectivity index (χ0v) is 15.9. The van der Waals surface area contributed by atoms with Crippen molar-refractivity contribution in [3.8, 4) is 11.5 Å². The normalized spacial score (nSPS) is 11.4. The summed E-state index contributed by atoms with van der Waals surface area (Å²) in [5, 5.41) is 2.74. The van der Waals surface area contributed by atoms with Crippen molar-refractivity contribution in [2.45, 2.75) is 32.9 Å². The highest BCUT2D eigenvalue weighted by molar-refractivity contribution is 5.92. The summed E-state index contributed by atoms with van der Waals surface area (Å²) in [4.78, 5) is 23.9. The number of esters is 1. The Labute approximate surface area is 159 Å². The van der Waals surface area contributed by atoms with E-state index in [2.05, 4.69) is 5.32 Å². The summed E-state index contributed by atoms with van der Waals surface area (Å²) in [6.07, 6.45) is 0.807. The Bertz CT molecular complexity index is 760. The zero-order chi connectivity index (χ0) is 19.6. The second kappa shape index (κ2) is 10.2. The van der Waals surface area contributed by atoms with E-state index >= 15 is 0 Å². The van der Waals surface area contributed by atoms with Crippen LogP contribution >= 0.6 is 0 Å². The number of hydrogen-bond donors (Lipinski definition) is 1. The third-order valence-corrected chi connectivity index (χ3v) is 3.99. The quantitative estimate of drug-likeness (QED) is 0.685. The molecule has 0 radical (unpaired) electrons. The highest BCUT2D eigenvalue weighted by Crippen LogP contribution is 2.29. The molecule has 144 valence electrons. The van der Waals surface area contributed by atoms with Crippen LogP contribution < -0.4 is 14.8 Å². The molecule has 2 aromatic carbocycles. The third-order valence-electron chi connectivity index (χ3n) is 3.99. The zero-order valence-electron chi connectivity index (χ0n) is 15.9. The van der Waals surface area contributed by atoms with Crippen molar-refractivity contribution in [2.75, 3.05) is 13.7 Å². The minimum Gasteiger partial charge on any atom is -0.493 e. The number of rotatable bonds is 9. The minimum absolute atomic E-state index is 0.0392. The lowest BCUT2D eigenvalue weighted by molar-refractivity contribution is -0.124. The van der Waals surface area contributed by atoms with Gasteiger partial charge in [-0.15, -0.1) is 0 Å². The summed E-state index contributed by atoms with van der Waals surface area (Å²) in [5.41, 5.74) is 1.31. The smallest absolute Gasteiger partial charge is 0.338 e. The molecular formula is C21H25NO5. The van der Waals surface area contributed by atoms with Crippen LogP contribution in [0.3, 0.4) is 0 Å². The first kappa shape index (κ1) is 20.3. The average Bonchev–Trinajstić information content (AvgIpc) is 2.70. The summed E-state index contributed by atoms with van der Waals surface area (Å²) in [6, 6.07) is 14.5. The van der Waals surface area contributed by atoms with Crippen LogP contribution in [0.4, 0.5) is 0 Å². The minimum atomic E-state index is -0.595. The molecule has 0 aliphatic carbocycles. The van der Waals surface area contributed by atoms with Gasteiger partial charge in [-0.25, -0.2) is 4.79 Å². The van der Waals surface area contributed by atoms with Gasteiger partial charge in [-0.05, 0) is 37.1 Å². The molecule has 0 aliphatic rings. The molecule has 6 nitrogen and oxygen atoms in total. The van der Waals surface area contributed by atoms with Gasteiger partial charge in [0.1, 0.15) is 6.61 Å². The van der Waals surface area contributed by atoms with E-state index in [0.717, 1.165) is 12.0 Å². The predicted octanol–water partition coefficient (Wildman–Crippen LogP) is 3.35. The van der Waals surface area contributed by atoms with Crippen LogP contribution in [0.2, 0.25) is 0 Å². The van der Waals surface area contributed by atoms with E-state index in [1.54, 1.807) is 12.1 Å². The molecule has 2 rings (SSSR count). The summed E-state index contributed by atoms with van der Waals surface area (Å²) in [5.74, 6) is 0.0199. The molecule has 0 saturated heterocycles. The van der Waals surface area contributed by atoms with Crippen molar-refractivity contribution in [1.29, 1.82) is 0 Å². The standard InChI is InChI=1S/C21H25NO5/c1-4-15(2)22-20(23)14-27-21(24)17-10-11-18(19(12-17)25-3)26-13-16-8-6-5-7-9-16/h5-12,15H,4,13-14H2,1-3H3,(H,22,23)/t15-/m0/s1. The van der Waals surface area contributed by atoms with Crippen molar-refractivity contribution < 1.29 is 23.8 Å². The summed E-state index contributed by atoms with van der Waals surface area (Å²) >= 11 is 0. The molecule has 0 bridgehead atoms. The van der Waals surface area contributed by atoms with E-state index in [4.69, 9.17) is 14.2 Å². The Morgan fingerprint density at radius 2 is 1.81 bits per heavy atom. The Morgan fingerprint density at radius 1 is 1.07 bits per heavy atom. The SMILES string of the molecule is CC[C@H](C)NC(=O)COC(=O)c1ccc(OCc2ccccc2)c(OC)c1. The number of ether oxygens (including phenoxy) is 3. The summed E-state index contributed by atoms with van der Waals surface area (Å²) in [6.45, 7) is 3.91. The van der Waals surface area contributed by atoms with Crippen LogP contribution in [0, 0.1) is 0 Å². The second-order valence-electron chi connectivity index (χ2n) is 6.09. The molecular weight excluding hydrogens is 346 g/mol. The van der Waals surface area contributed by atoms with Crippen LogP contribution in [0.5, 0.6) is 11.5 Å². The molecule has 0 unspecified atom stereocenters. The number of benzene rings is 2. The number of carbonyl (C=O) groups is 2. The van der Waals surface area contributed by atoms with Gasteiger partial charge >= 0.3 is 5.97 Å². The number of hydrogen-bond acceptors (Lipinski definition) is 5. The molecule has 0 saturated carbocycles. The molecule has 1 amide bonds. The maximum absolute atomic E-state index is 12.2. The van der Waals surface area contributed by atoms with Crippen LogP contribution in [-0.4, -0.2) is 31.6 Å². The van der Waals surface area contributed by atoms with Gasteiger partial charge in [-0.1, -0.05) is 37.3 Å². The summed E-state index contributed by atoms with van der Waals surface area (Å²) in [7, 11) is 1.50. The van der Waals surface area contributed by atoms with Crippen LogP contribution in [0.1, 0.15) is 36.2 Å². The average molecular weight is 371 g/mol. The maximum Gasteiger partial charge on any atom is 0.338 e. The largest absolute Gasteiger partial charge is 0.493 e. The number of amides is 1. The lowest BCUT2D eigenvalue weighted by atomic mass is 10.2. The number of methoxy groups -OCH3 is 1. The lowest BCUT2D eigenvalue weighted by Crippen LogP contribution is -2.35. The van der Waals surface area contributed by atoms with Crippen LogP contribution in [0.15, 0.2) is 48.5 Å². The molecule has 27 heavy (non-hydrogen) atoms. The van der Waals surface area contributed by atoms with E-state index in [0.29, 0.717) is 18.1 Å². The molecule has 0 aliphatic heterocycles. The molecule has 0 heterocycles. The second-order valence-corrected chi connectivity index (χ2v) is 6.09. The molecule has 2 aromatic rings. The van der Waals surface area contributed by atoms with Crippen molar-refractivity contribution in [3.63, 3.8) is 0 Å². The van der Waals surface area contributed by atoms with Crippen molar-refractivity contribution in [2.24, 2.45) is 0 Å². The van der Waals surface area contributed by atoms with Crippen LogP contribution in [-0.2, 0) is 16.1 Å². The first-order chi connectivity index (χ1) is 13.0. The Morgan fingerprint density at radius 3 is 2.48 bits per heavy atom. The van der Waals surface area contributed by atoms with Crippen molar-refractivity contribution in [1.82, 2.24) is 5.32 Å². The Kier molecular flexibility index (Phi) is 7.67. The van der Waals surface area contributed by atoms with E-state index in [9.17, 15) is 9.59 Å². The lowest BCUT2D eigenvalue weighted by Gasteiger charge is -2.13. The molecule has 0 aromatic heterocycles. The highest BCUT2D eigenvalue weighted by Gasteiger charge is 2.14. The van der Waals surface area contributed by atoms with E-state index in [-0.39, 0.29) is 24.1 Å². The molecule has 0 spiro atoms. The fraction of sp³-hybridized carbons (Fsp3) is 0.333. The number of nitrogens with one attached hydrogen (secondary N) is 1. The van der Waals surface area contributed by atoms with Gasteiger partial charge in [0.25, 0.3) is 5.91 Å². The van der Waals surface area contributed by atoms with Crippen molar-refractivity contribution >= 4 is 11.9 Å². The Balaban J connectivity index is 1.95. The fourth-order valence-corrected chi connectivity index (χ4v) is 2.28.